The number of rotatable bonds is 3. The van der Waals surface area contributed by atoms with E-state index in [0.29, 0.717) is 39.5 Å². The van der Waals surface area contributed by atoms with Gasteiger partial charge in [-0.2, -0.15) is 0 Å². The highest BCUT2D eigenvalue weighted by molar-refractivity contribution is 5.72. The highest BCUT2D eigenvalue weighted by atomic mass is 19.1. The molecule has 4 rings (SSSR count). The van der Waals surface area contributed by atoms with Crippen molar-refractivity contribution in [2.75, 3.05) is 37.4 Å². The summed E-state index contributed by atoms with van der Waals surface area (Å²) in [5.74, 6) is -0.585. The molecule has 2 heterocycles. The van der Waals surface area contributed by atoms with Crippen LogP contribution in [-0.2, 0) is 12.8 Å². The molecular weight excluding hydrogens is 337 g/mol. The van der Waals surface area contributed by atoms with Crippen molar-refractivity contribution in [1.29, 1.82) is 0 Å². The second kappa shape index (κ2) is 8.39. The van der Waals surface area contributed by atoms with Gasteiger partial charge in [0.2, 0.25) is 0 Å². The minimum absolute atomic E-state index is 0.179. The minimum atomic E-state index is -2.96. The molecule has 0 atom stereocenters. The lowest BCUT2D eigenvalue weighted by Crippen LogP contribution is -2.46. The number of hydrogen-bond donors (Lipinski definition) is 0. The molecule has 0 saturated carbocycles. The second-order valence-corrected chi connectivity index (χ2v) is 6.90. The molecule has 144 valence electrons. The summed E-state index contributed by atoms with van der Waals surface area (Å²) in [7, 11) is 0. The van der Waals surface area contributed by atoms with Crippen LogP contribution in [0.3, 0.4) is 0 Å². The molecule has 1 aromatic carbocycles. The van der Waals surface area contributed by atoms with E-state index in [4.69, 9.17) is 11.0 Å². The van der Waals surface area contributed by atoms with Crippen molar-refractivity contribution in [2.24, 2.45) is 0 Å². The summed E-state index contributed by atoms with van der Waals surface area (Å²) in [6.45, 7) is -10.4. The number of fused-ring (bicyclic) bond motifs is 1. The Kier molecular flexibility index (Phi) is 3.47. The van der Waals surface area contributed by atoms with Crippen molar-refractivity contribution >= 4 is 5.82 Å². The molecule has 1 aliphatic carbocycles. The van der Waals surface area contributed by atoms with Crippen LogP contribution in [0, 0.1) is 5.82 Å². The number of likely N-dealkylation sites (N-methyl/N-ethyl adjacent to an activating group) is 1. The first-order chi connectivity index (χ1) is 16.3. The van der Waals surface area contributed by atoms with E-state index in [1.54, 1.807) is 12.1 Å². The van der Waals surface area contributed by atoms with Gasteiger partial charge in [-0.25, -0.2) is 9.37 Å². The second-order valence-electron chi connectivity index (χ2n) is 6.90. The molecule has 0 bridgehead atoms. The normalized spacial score (nSPS) is 30.5. The number of nitrogens with zero attached hydrogens (tertiary/aromatic N) is 3. The number of aromatic nitrogens is 1. The van der Waals surface area contributed by atoms with E-state index in [0.717, 1.165) is 31.2 Å². The highest BCUT2D eigenvalue weighted by Crippen LogP contribution is 2.33. The van der Waals surface area contributed by atoms with E-state index in [1.165, 1.54) is 25.1 Å². The van der Waals surface area contributed by atoms with Gasteiger partial charge in [-0.15, -0.1) is 0 Å². The summed E-state index contributed by atoms with van der Waals surface area (Å²) in [5.41, 5.74) is 2.90. The lowest BCUT2D eigenvalue weighted by molar-refractivity contribution is 0.270. The van der Waals surface area contributed by atoms with Gasteiger partial charge < -0.3 is 9.80 Å². The van der Waals surface area contributed by atoms with Crippen molar-refractivity contribution in [3.63, 3.8) is 0 Å². The fourth-order valence-electron chi connectivity index (χ4n) is 3.59. The Morgan fingerprint density at radius 1 is 1.00 bits per heavy atom. The zero-order chi connectivity index (χ0) is 25.8. The number of piperazine rings is 1. The van der Waals surface area contributed by atoms with Crippen molar-refractivity contribution in [2.45, 2.75) is 45.4 Å². The number of anilines is 1. The number of pyridine rings is 1. The van der Waals surface area contributed by atoms with E-state index in [1.807, 2.05) is 0 Å². The van der Waals surface area contributed by atoms with Crippen LogP contribution in [-0.4, -0.2) is 42.4 Å². The lowest BCUT2D eigenvalue weighted by Gasteiger charge is -2.35. The van der Waals surface area contributed by atoms with Gasteiger partial charge >= 0.3 is 0 Å². The Hall–Kier alpha value is -1.94. The Morgan fingerprint density at radius 3 is 2.41 bits per heavy atom. The van der Waals surface area contributed by atoms with E-state index in [2.05, 4.69) is 4.98 Å². The molecule has 1 aromatic heterocycles. The third-order valence-corrected chi connectivity index (χ3v) is 5.08. The first-order valence-electron chi connectivity index (χ1n) is 13.6. The largest absolute Gasteiger partial charge is 0.354 e. The van der Waals surface area contributed by atoms with Crippen molar-refractivity contribution in [1.82, 2.24) is 9.88 Å². The molecule has 3 nitrogen and oxygen atoms in total. The number of benzene rings is 1. The van der Waals surface area contributed by atoms with Crippen LogP contribution in [0.5, 0.6) is 0 Å². The zero-order valence-electron chi connectivity index (χ0n) is 23.6. The van der Waals surface area contributed by atoms with E-state index >= 15 is 0 Å². The molecule has 1 aliphatic heterocycles. The van der Waals surface area contributed by atoms with Crippen LogP contribution in [0.1, 0.15) is 54.8 Å². The standard InChI is InChI=1S/C23H30FN3/c1-2-26-13-15-27(16-14-26)23-17-21(18-9-11-19(24)12-10-18)20-7-5-3-4-6-8-22(20)25-23/h9-12,17H,2-8,13-16H2,1H3/i13D2,14D2,15D2,16D2. The molecule has 0 spiro atoms. The van der Waals surface area contributed by atoms with E-state index in [-0.39, 0.29) is 12.4 Å². The average molecular weight is 376 g/mol. The summed E-state index contributed by atoms with van der Waals surface area (Å²) in [6, 6.07) is 7.34. The third-order valence-electron chi connectivity index (χ3n) is 5.08. The van der Waals surface area contributed by atoms with Gasteiger partial charge in [-0.05, 0) is 67.1 Å². The first-order valence-corrected chi connectivity index (χ1v) is 9.63. The average Bonchev–Trinajstić information content (AvgIpc) is 2.73. The maximum Gasteiger partial charge on any atom is 0.129 e. The van der Waals surface area contributed by atoms with Crippen molar-refractivity contribution in [3.05, 3.63) is 47.4 Å². The van der Waals surface area contributed by atoms with Gasteiger partial charge in [0.25, 0.3) is 0 Å². The predicted molar refractivity (Wildman–Crippen MR) is 110 cm³/mol. The van der Waals surface area contributed by atoms with Gasteiger partial charge in [0.05, 0.1) is 5.48 Å². The quantitative estimate of drug-likeness (QED) is 0.776. The summed E-state index contributed by atoms with van der Waals surface area (Å²) in [4.78, 5) is 5.75. The fourth-order valence-corrected chi connectivity index (χ4v) is 3.59. The number of aryl methyl sites for hydroxylation is 1. The number of hydrogen-bond acceptors (Lipinski definition) is 3. The van der Waals surface area contributed by atoms with Gasteiger partial charge in [0.1, 0.15) is 11.6 Å². The zero-order valence-corrected chi connectivity index (χ0v) is 15.6. The van der Waals surface area contributed by atoms with Gasteiger partial charge in [0, 0.05) is 37.2 Å². The molecule has 0 unspecified atom stereocenters. The molecule has 0 amide bonds. The highest BCUT2D eigenvalue weighted by Gasteiger charge is 2.21. The Labute approximate surface area is 173 Å². The minimum Gasteiger partial charge on any atom is -0.354 e. The predicted octanol–water partition coefficient (Wildman–Crippen LogP) is 4.69. The molecular formula is C23H30FN3. The summed E-state index contributed by atoms with van der Waals surface area (Å²) in [6.07, 6.45) is 5.10. The van der Waals surface area contributed by atoms with Gasteiger partial charge in [-0.1, -0.05) is 31.9 Å². The maximum atomic E-state index is 13.7. The molecule has 27 heavy (non-hydrogen) atoms. The van der Waals surface area contributed by atoms with Crippen molar-refractivity contribution < 1.29 is 15.4 Å². The molecule has 2 aromatic rings. The molecule has 1 fully saturated rings. The van der Waals surface area contributed by atoms with E-state index < -0.39 is 31.8 Å². The first kappa shape index (κ1) is 11.2. The van der Waals surface area contributed by atoms with Crippen LogP contribution >= 0.6 is 0 Å². The number of halogens is 1. The van der Waals surface area contributed by atoms with Crippen LogP contribution in [0.25, 0.3) is 11.1 Å². The van der Waals surface area contributed by atoms with Gasteiger partial charge in [0.15, 0.2) is 0 Å². The summed E-state index contributed by atoms with van der Waals surface area (Å²) >= 11 is 0. The Bertz CT molecular complexity index is 1060. The molecule has 2 aliphatic rings. The Balaban J connectivity index is 1.98. The lowest BCUT2D eigenvalue weighted by atomic mass is 9.90. The topological polar surface area (TPSA) is 19.4 Å². The SMILES string of the molecule is [2H]C1([2H])N(CC)C([2H])([2H])C([2H])([2H])N(c2cc(-c3ccc(F)cc3)c3c(n2)CCCCCC3)C1([2H])[2H]. The molecule has 4 heteroatoms. The molecule has 1 saturated heterocycles. The van der Waals surface area contributed by atoms with E-state index in [9.17, 15) is 4.39 Å². The summed E-state index contributed by atoms with van der Waals surface area (Å²) in [5, 5.41) is 0. The van der Waals surface area contributed by atoms with Gasteiger partial charge in [-0.3, -0.25) is 0 Å². The molecule has 0 N–H and O–H groups in total. The Morgan fingerprint density at radius 2 is 1.70 bits per heavy atom. The third kappa shape index (κ3) is 4.16. The van der Waals surface area contributed by atoms with Crippen LogP contribution < -0.4 is 4.90 Å². The summed E-state index contributed by atoms with van der Waals surface area (Å²) < 4.78 is 82.4. The van der Waals surface area contributed by atoms with Crippen LogP contribution in [0.4, 0.5) is 10.2 Å². The van der Waals surface area contributed by atoms with Crippen LogP contribution in [0.15, 0.2) is 30.3 Å². The molecule has 0 radical (unpaired) electrons. The fraction of sp³-hybridized carbons (Fsp3) is 0.522. The monoisotopic (exact) mass is 375 g/mol. The van der Waals surface area contributed by atoms with Crippen LogP contribution in [0.2, 0.25) is 0 Å². The smallest absolute Gasteiger partial charge is 0.129 e. The van der Waals surface area contributed by atoms with Crippen molar-refractivity contribution in [3.8, 4) is 11.1 Å². The maximum absolute atomic E-state index is 13.7.